The van der Waals surface area contributed by atoms with Gasteiger partial charge in [0.2, 0.25) is 5.24 Å². The minimum absolute atomic E-state index is 0. The van der Waals surface area contributed by atoms with E-state index in [2.05, 4.69) is 0 Å². The maximum Gasteiger partial charge on any atom is 0.242 e. The smallest absolute Gasteiger partial charge is 0.242 e. The van der Waals surface area contributed by atoms with Crippen LogP contribution in [0.3, 0.4) is 0 Å². The molecule has 5 heteroatoms. The van der Waals surface area contributed by atoms with Crippen LogP contribution < -0.4 is 5.73 Å². The van der Waals surface area contributed by atoms with Crippen molar-refractivity contribution in [1.29, 1.82) is 0 Å². The van der Waals surface area contributed by atoms with Crippen LogP contribution in [0.1, 0.15) is 17.2 Å². The molecule has 3 N–H and O–H groups in total. The van der Waals surface area contributed by atoms with Crippen LogP contribution in [0.2, 0.25) is 0 Å². The Kier molecular flexibility index (Phi) is 4.91. The van der Waals surface area contributed by atoms with E-state index in [0.29, 0.717) is 11.1 Å². The molecule has 0 aromatic heterocycles. The number of benzene rings is 1. The van der Waals surface area contributed by atoms with E-state index in [1.54, 1.807) is 19.1 Å². The van der Waals surface area contributed by atoms with Gasteiger partial charge in [0.05, 0.1) is 0 Å². The normalized spacial score (nSPS) is 11.6. The number of aromatic hydroxyl groups is 1. The van der Waals surface area contributed by atoms with Crippen LogP contribution in [-0.4, -0.2) is 10.3 Å². The third kappa shape index (κ3) is 2.87. The fourth-order valence-electron chi connectivity index (χ4n) is 1.00. The van der Waals surface area contributed by atoms with Gasteiger partial charge in [-0.15, -0.1) is 12.4 Å². The minimum atomic E-state index is -0.819. The summed E-state index contributed by atoms with van der Waals surface area (Å²) >= 11 is 5.23. The van der Waals surface area contributed by atoms with Gasteiger partial charge in [0.25, 0.3) is 0 Å². The predicted molar refractivity (Wildman–Crippen MR) is 57.9 cm³/mol. The fraction of sp³-hybridized carbons (Fsp3) is 0.222. The van der Waals surface area contributed by atoms with Crippen LogP contribution in [0.4, 0.5) is 0 Å². The largest absolute Gasteiger partial charge is 0.508 e. The van der Waals surface area contributed by atoms with E-state index in [9.17, 15) is 9.90 Å². The van der Waals surface area contributed by atoms with Crippen molar-refractivity contribution in [2.45, 2.75) is 13.0 Å². The van der Waals surface area contributed by atoms with Gasteiger partial charge < -0.3 is 10.8 Å². The summed E-state index contributed by atoms with van der Waals surface area (Å²) in [5.74, 6) is 0.179. The Morgan fingerprint density at radius 2 is 2.14 bits per heavy atom. The van der Waals surface area contributed by atoms with Gasteiger partial charge in [-0.05, 0) is 35.7 Å². The molecule has 0 bridgehead atoms. The SMILES string of the molecule is Cc1cc([C@@H](N)C(=O)Cl)ccc1O.Cl. The number of hydrogen-bond acceptors (Lipinski definition) is 3. The number of aryl methyl sites for hydroxylation is 1. The molecule has 0 aliphatic heterocycles. The third-order valence-corrected chi connectivity index (χ3v) is 2.06. The number of nitrogens with two attached hydrogens (primary N) is 1. The van der Waals surface area contributed by atoms with Gasteiger partial charge in [-0.2, -0.15) is 0 Å². The molecule has 78 valence electrons. The van der Waals surface area contributed by atoms with Crippen molar-refractivity contribution in [2.24, 2.45) is 5.73 Å². The highest BCUT2D eigenvalue weighted by Gasteiger charge is 2.13. The molecule has 0 saturated carbocycles. The number of phenols is 1. The molecule has 3 nitrogen and oxygen atoms in total. The lowest BCUT2D eigenvalue weighted by atomic mass is 10.1. The first-order chi connectivity index (χ1) is 6.02. The Morgan fingerprint density at radius 3 is 2.57 bits per heavy atom. The van der Waals surface area contributed by atoms with Gasteiger partial charge in [-0.1, -0.05) is 12.1 Å². The van der Waals surface area contributed by atoms with Crippen LogP contribution in [0.5, 0.6) is 5.75 Å². The molecule has 0 amide bonds. The van der Waals surface area contributed by atoms with Crippen molar-refractivity contribution in [3.63, 3.8) is 0 Å². The zero-order chi connectivity index (χ0) is 10.0. The number of phenolic OH excluding ortho intramolecular Hbond substituents is 1. The summed E-state index contributed by atoms with van der Waals surface area (Å²) in [6, 6.07) is 3.89. The van der Waals surface area contributed by atoms with E-state index in [1.165, 1.54) is 6.07 Å². The Bertz CT molecular complexity index is 342. The number of halogens is 2. The summed E-state index contributed by atoms with van der Waals surface area (Å²) in [6.45, 7) is 1.73. The molecule has 0 aliphatic rings. The van der Waals surface area contributed by atoms with Crippen molar-refractivity contribution in [2.75, 3.05) is 0 Å². The second-order valence-corrected chi connectivity index (χ2v) is 3.20. The van der Waals surface area contributed by atoms with E-state index in [1.807, 2.05) is 0 Å². The Labute approximate surface area is 93.3 Å². The van der Waals surface area contributed by atoms with Gasteiger partial charge in [-0.25, -0.2) is 0 Å². The first kappa shape index (κ1) is 13.2. The molecule has 14 heavy (non-hydrogen) atoms. The second kappa shape index (κ2) is 5.20. The van der Waals surface area contributed by atoms with E-state index >= 15 is 0 Å². The molecule has 0 unspecified atom stereocenters. The quantitative estimate of drug-likeness (QED) is 0.770. The molecule has 0 saturated heterocycles. The van der Waals surface area contributed by atoms with Crippen molar-refractivity contribution in [1.82, 2.24) is 0 Å². The highest BCUT2D eigenvalue weighted by atomic mass is 35.5. The number of rotatable bonds is 2. The summed E-state index contributed by atoms with van der Waals surface area (Å²) < 4.78 is 0. The number of carbonyl (C=O) groups is 1. The zero-order valence-corrected chi connectivity index (χ0v) is 9.10. The van der Waals surface area contributed by atoms with Crippen LogP contribution in [0, 0.1) is 6.92 Å². The van der Waals surface area contributed by atoms with Gasteiger partial charge in [0, 0.05) is 0 Å². The monoisotopic (exact) mass is 235 g/mol. The van der Waals surface area contributed by atoms with Crippen LogP contribution in [0.25, 0.3) is 0 Å². The highest BCUT2D eigenvalue weighted by Crippen LogP contribution is 2.21. The average molecular weight is 236 g/mol. The zero-order valence-electron chi connectivity index (χ0n) is 7.53. The lowest BCUT2D eigenvalue weighted by Gasteiger charge is -2.08. The summed E-state index contributed by atoms with van der Waals surface area (Å²) in [4.78, 5) is 10.7. The molecule has 0 aliphatic carbocycles. The number of carbonyl (C=O) groups excluding carboxylic acids is 1. The molecule has 1 aromatic carbocycles. The van der Waals surface area contributed by atoms with E-state index < -0.39 is 11.3 Å². The maximum absolute atomic E-state index is 10.7. The highest BCUT2D eigenvalue weighted by molar-refractivity contribution is 6.64. The molecule has 0 radical (unpaired) electrons. The van der Waals surface area contributed by atoms with Crippen molar-refractivity contribution in [3.05, 3.63) is 29.3 Å². The summed E-state index contributed by atoms with van der Waals surface area (Å²) in [5, 5.41) is 8.60. The molecule has 1 rings (SSSR count). The van der Waals surface area contributed by atoms with E-state index in [0.717, 1.165) is 0 Å². The lowest BCUT2D eigenvalue weighted by molar-refractivity contribution is -0.112. The predicted octanol–water partition coefficient (Wildman–Crippen LogP) is 1.89. The molecular weight excluding hydrogens is 225 g/mol. The number of hydrogen-bond donors (Lipinski definition) is 2. The standard InChI is InChI=1S/C9H10ClNO2.ClH/c1-5-4-6(2-3-7(5)12)8(11)9(10)13;/h2-4,8,12H,11H2,1H3;1H/t8-;/m1./s1. The molecular formula is C9H11Cl2NO2. The van der Waals surface area contributed by atoms with Crippen LogP contribution in [-0.2, 0) is 4.79 Å². The first-order valence-electron chi connectivity index (χ1n) is 3.77. The molecule has 1 atom stereocenters. The lowest BCUT2D eigenvalue weighted by Crippen LogP contribution is -2.16. The third-order valence-electron chi connectivity index (χ3n) is 1.82. The van der Waals surface area contributed by atoms with Crippen molar-refractivity contribution >= 4 is 29.3 Å². The summed E-state index contributed by atoms with van der Waals surface area (Å²) in [7, 11) is 0. The Hall–Kier alpha value is -0.770. The Balaban J connectivity index is 0.00000169. The average Bonchev–Trinajstić information content (AvgIpc) is 2.08. The maximum atomic E-state index is 10.7. The molecule has 0 fully saturated rings. The Morgan fingerprint density at radius 1 is 1.57 bits per heavy atom. The second-order valence-electron chi connectivity index (χ2n) is 2.83. The van der Waals surface area contributed by atoms with Gasteiger partial charge in [-0.3, -0.25) is 4.79 Å². The van der Waals surface area contributed by atoms with Gasteiger partial charge in [0.15, 0.2) is 0 Å². The van der Waals surface area contributed by atoms with E-state index in [4.69, 9.17) is 17.3 Å². The van der Waals surface area contributed by atoms with Crippen molar-refractivity contribution in [3.8, 4) is 5.75 Å². The molecule has 0 heterocycles. The summed E-state index contributed by atoms with van der Waals surface area (Å²) in [6.07, 6.45) is 0. The fourth-order valence-corrected chi connectivity index (χ4v) is 1.13. The van der Waals surface area contributed by atoms with Gasteiger partial charge in [0.1, 0.15) is 11.8 Å². The molecule has 0 spiro atoms. The van der Waals surface area contributed by atoms with Crippen molar-refractivity contribution < 1.29 is 9.90 Å². The topological polar surface area (TPSA) is 63.3 Å². The van der Waals surface area contributed by atoms with E-state index in [-0.39, 0.29) is 18.2 Å². The van der Waals surface area contributed by atoms with Gasteiger partial charge >= 0.3 is 0 Å². The minimum Gasteiger partial charge on any atom is -0.508 e. The first-order valence-corrected chi connectivity index (χ1v) is 4.14. The summed E-state index contributed by atoms with van der Waals surface area (Å²) in [5.41, 5.74) is 6.77. The van der Waals surface area contributed by atoms with Crippen LogP contribution >= 0.6 is 24.0 Å². The molecule has 1 aromatic rings. The van der Waals surface area contributed by atoms with Crippen LogP contribution in [0.15, 0.2) is 18.2 Å².